The second kappa shape index (κ2) is 6.04. The lowest BCUT2D eigenvalue weighted by atomic mass is 10.3. The Hall–Kier alpha value is -0.590. The average molecular weight is 355 g/mol. The van der Waals surface area contributed by atoms with Crippen LogP contribution in [0.2, 0.25) is 0 Å². The summed E-state index contributed by atoms with van der Waals surface area (Å²) in [4.78, 5) is 11.3. The predicted octanol–water partition coefficient (Wildman–Crippen LogP) is 2.76. The van der Waals surface area contributed by atoms with Crippen molar-refractivity contribution in [1.29, 1.82) is 0 Å². The molecule has 0 N–H and O–H groups in total. The first-order valence-electron chi connectivity index (χ1n) is 5.27. The van der Waals surface area contributed by atoms with Crippen LogP contribution in [0.3, 0.4) is 0 Å². The van der Waals surface area contributed by atoms with E-state index in [4.69, 9.17) is 11.6 Å². The number of carbonyl (C=O) groups excluding carboxylic acids is 1. The summed E-state index contributed by atoms with van der Waals surface area (Å²) in [6.07, 6.45) is 0. The van der Waals surface area contributed by atoms with Gasteiger partial charge < -0.3 is 0 Å². The van der Waals surface area contributed by atoms with Gasteiger partial charge in [-0.05, 0) is 53.5 Å². The van der Waals surface area contributed by atoms with Crippen molar-refractivity contribution < 1.29 is 13.2 Å². The molecule has 0 aromatic heterocycles. The van der Waals surface area contributed by atoms with Gasteiger partial charge in [-0.25, -0.2) is 8.42 Å². The molecule has 0 bridgehead atoms. The van der Waals surface area contributed by atoms with Gasteiger partial charge in [-0.2, -0.15) is 0 Å². The first-order chi connectivity index (χ1) is 8.31. The summed E-state index contributed by atoms with van der Waals surface area (Å²) >= 11 is 8.70. The Balaban J connectivity index is 3.40. The van der Waals surface area contributed by atoms with E-state index in [1.165, 1.54) is 13.8 Å². The molecule has 0 heterocycles. The lowest BCUT2D eigenvalue weighted by Gasteiger charge is -2.28. The number of rotatable bonds is 5. The zero-order valence-corrected chi connectivity index (χ0v) is 13.1. The molecule has 4 nitrogen and oxygen atoms in total. The summed E-state index contributed by atoms with van der Waals surface area (Å²) in [6, 6.07) is 5.84. The summed E-state index contributed by atoms with van der Waals surface area (Å²) in [7, 11) is -3.58. The smallest absolute Gasteiger partial charge is 0.245 e. The second-order valence-electron chi connectivity index (χ2n) is 3.63. The molecule has 0 aliphatic rings. The number of hydrogen-bond donors (Lipinski definition) is 0. The van der Waals surface area contributed by atoms with Crippen LogP contribution in [0.4, 0.5) is 5.69 Å². The third-order valence-corrected chi connectivity index (χ3v) is 5.26. The van der Waals surface area contributed by atoms with Crippen LogP contribution in [-0.4, -0.2) is 25.5 Å². The van der Waals surface area contributed by atoms with Crippen molar-refractivity contribution >= 4 is 48.5 Å². The Labute approximate surface area is 120 Å². The van der Waals surface area contributed by atoms with Crippen molar-refractivity contribution in [2.24, 2.45) is 0 Å². The predicted molar refractivity (Wildman–Crippen MR) is 76.4 cm³/mol. The molecule has 100 valence electrons. The lowest BCUT2D eigenvalue weighted by molar-refractivity contribution is -0.112. The largest absolute Gasteiger partial charge is 0.279 e. The molecule has 1 aromatic carbocycles. The lowest BCUT2D eigenvalue weighted by Crippen LogP contribution is -2.43. The standard InChI is InChI=1S/C11H13BrClNO3S/c1-3-18(16,17)14(8(2)11(13)15)10-7-5-4-6-9(10)12/h4-8H,3H2,1-2H3. The van der Waals surface area contributed by atoms with E-state index >= 15 is 0 Å². The highest BCUT2D eigenvalue weighted by molar-refractivity contribution is 9.10. The quantitative estimate of drug-likeness (QED) is 0.764. The van der Waals surface area contributed by atoms with Crippen LogP contribution >= 0.6 is 27.5 Å². The first kappa shape index (κ1) is 15.5. The number of nitrogens with zero attached hydrogens (tertiary/aromatic N) is 1. The maximum absolute atomic E-state index is 12.1. The van der Waals surface area contributed by atoms with E-state index in [9.17, 15) is 13.2 Å². The molecule has 0 aliphatic heterocycles. The Morgan fingerprint density at radius 2 is 2.00 bits per heavy atom. The van der Waals surface area contributed by atoms with Gasteiger partial charge >= 0.3 is 0 Å². The Morgan fingerprint density at radius 3 is 2.44 bits per heavy atom. The highest BCUT2D eigenvalue weighted by Gasteiger charge is 2.30. The highest BCUT2D eigenvalue weighted by Crippen LogP contribution is 2.30. The molecule has 1 unspecified atom stereocenters. The summed E-state index contributed by atoms with van der Waals surface area (Å²) < 4.78 is 25.8. The number of sulfonamides is 1. The maximum atomic E-state index is 12.1. The molecule has 1 aromatic rings. The maximum Gasteiger partial charge on any atom is 0.245 e. The van der Waals surface area contributed by atoms with Crippen LogP contribution in [0.1, 0.15) is 13.8 Å². The molecule has 0 saturated heterocycles. The monoisotopic (exact) mass is 353 g/mol. The van der Waals surface area contributed by atoms with Gasteiger partial charge in [-0.15, -0.1) is 0 Å². The molecule has 7 heteroatoms. The van der Waals surface area contributed by atoms with Crippen LogP contribution in [0.5, 0.6) is 0 Å². The molecule has 0 amide bonds. The van der Waals surface area contributed by atoms with Crippen molar-refractivity contribution in [1.82, 2.24) is 0 Å². The van der Waals surface area contributed by atoms with Gasteiger partial charge in [-0.1, -0.05) is 12.1 Å². The molecule has 18 heavy (non-hydrogen) atoms. The van der Waals surface area contributed by atoms with E-state index < -0.39 is 21.3 Å². The Bertz CT molecular complexity index is 547. The minimum Gasteiger partial charge on any atom is -0.279 e. The van der Waals surface area contributed by atoms with Crippen LogP contribution < -0.4 is 4.31 Å². The fraction of sp³-hybridized carbons (Fsp3) is 0.364. The van der Waals surface area contributed by atoms with Crippen molar-refractivity contribution in [3.05, 3.63) is 28.7 Å². The van der Waals surface area contributed by atoms with Gasteiger partial charge in [0, 0.05) is 4.47 Å². The molecule has 0 radical (unpaired) electrons. The summed E-state index contributed by atoms with van der Waals surface area (Å²) in [6.45, 7) is 2.98. The fourth-order valence-corrected chi connectivity index (χ4v) is 3.52. The third kappa shape index (κ3) is 3.24. The van der Waals surface area contributed by atoms with E-state index in [2.05, 4.69) is 15.9 Å². The molecule has 1 rings (SSSR count). The van der Waals surface area contributed by atoms with Crippen molar-refractivity contribution in [3.63, 3.8) is 0 Å². The minimum absolute atomic E-state index is 0.108. The highest BCUT2D eigenvalue weighted by atomic mass is 79.9. The summed E-state index contributed by atoms with van der Waals surface area (Å²) in [5.41, 5.74) is 0.404. The molecule has 1 atom stereocenters. The SMILES string of the molecule is CCS(=O)(=O)N(c1ccccc1Br)C(C)C(=O)Cl. The number of para-hydroxylation sites is 1. The van der Waals surface area contributed by atoms with Crippen LogP contribution in [0, 0.1) is 0 Å². The zero-order valence-electron chi connectivity index (χ0n) is 9.93. The van der Waals surface area contributed by atoms with Gasteiger partial charge in [-0.3, -0.25) is 9.10 Å². The van der Waals surface area contributed by atoms with Crippen LogP contribution in [0.25, 0.3) is 0 Å². The number of carbonyl (C=O) groups is 1. The van der Waals surface area contributed by atoms with E-state index in [0.29, 0.717) is 10.2 Å². The second-order valence-corrected chi connectivity index (χ2v) is 6.99. The average Bonchev–Trinajstić information content (AvgIpc) is 2.31. The molecule has 0 saturated carbocycles. The van der Waals surface area contributed by atoms with E-state index in [1.54, 1.807) is 24.3 Å². The summed E-state index contributed by atoms with van der Waals surface area (Å²) in [5, 5.41) is -0.720. The molecule has 0 fully saturated rings. The van der Waals surface area contributed by atoms with Crippen LogP contribution in [-0.2, 0) is 14.8 Å². The van der Waals surface area contributed by atoms with Gasteiger partial charge in [0.2, 0.25) is 15.3 Å². The fourth-order valence-electron chi connectivity index (χ4n) is 1.46. The molecule has 0 spiro atoms. The van der Waals surface area contributed by atoms with Gasteiger partial charge in [0.15, 0.2) is 0 Å². The first-order valence-corrected chi connectivity index (χ1v) is 8.05. The van der Waals surface area contributed by atoms with E-state index in [1.807, 2.05) is 0 Å². The number of hydrogen-bond acceptors (Lipinski definition) is 3. The minimum atomic E-state index is -3.58. The topological polar surface area (TPSA) is 54.5 Å². The van der Waals surface area contributed by atoms with Gasteiger partial charge in [0.25, 0.3) is 0 Å². The van der Waals surface area contributed by atoms with Crippen LogP contribution in [0.15, 0.2) is 28.7 Å². The number of benzene rings is 1. The normalized spacial score (nSPS) is 13.1. The molecular weight excluding hydrogens is 342 g/mol. The number of halogens is 2. The van der Waals surface area contributed by atoms with Crippen molar-refractivity contribution in [2.75, 3.05) is 10.1 Å². The van der Waals surface area contributed by atoms with Gasteiger partial charge in [0.05, 0.1) is 11.4 Å². The van der Waals surface area contributed by atoms with E-state index in [0.717, 1.165) is 4.31 Å². The van der Waals surface area contributed by atoms with E-state index in [-0.39, 0.29) is 5.75 Å². The Kier molecular flexibility index (Phi) is 5.19. The summed E-state index contributed by atoms with van der Waals surface area (Å²) in [5.74, 6) is -0.108. The third-order valence-electron chi connectivity index (χ3n) is 2.43. The number of anilines is 1. The Morgan fingerprint density at radius 1 is 1.44 bits per heavy atom. The van der Waals surface area contributed by atoms with Gasteiger partial charge in [0.1, 0.15) is 6.04 Å². The molecular formula is C11H13BrClNO3S. The van der Waals surface area contributed by atoms with Crippen molar-refractivity contribution in [2.45, 2.75) is 19.9 Å². The molecule has 0 aliphatic carbocycles. The van der Waals surface area contributed by atoms with Crippen molar-refractivity contribution in [3.8, 4) is 0 Å². The zero-order chi connectivity index (χ0) is 13.9.